The maximum absolute atomic E-state index is 17.2. The molecule has 0 spiro atoms. The second kappa shape index (κ2) is 13.3. The van der Waals surface area contributed by atoms with E-state index in [4.69, 9.17) is 32.9 Å². The van der Waals surface area contributed by atoms with Crippen molar-refractivity contribution in [1.29, 1.82) is 5.26 Å². The van der Waals surface area contributed by atoms with Gasteiger partial charge >= 0.3 is 6.55 Å². The first-order valence-electron chi connectivity index (χ1n) is 18.1. The predicted octanol–water partition coefficient (Wildman–Crippen LogP) is 8.46. The summed E-state index contributed by atoms with van der Waals surface area (Å²) in [5, 5.41) is 19.0. The molecule has 5 fully saturated rings. The molecule has 10 rings (SSSR count). The lowest BCUT2D eigenvalue weighted by Gasteiger charge is -2.39. The van der Waals surface area contributed by atoms with Crippen LogP contribution in [0.3, 0.4) is 0 Å². The molecule has 3 aromatic heterocycles. The number of ether oxygens (including phenoxy) is 1. The normalized spacial score (nSPS) is 23.7. The maximum atomic E-state index is 17.2. The number of carbonyl (C=O) groups excluding carboxylic acids is 1. The van der Waals surface area contributed by atoms with Crippen LogP contribution in [-0.4, -0.2) is 55.4 Å². The zero-order valence-electron chi connectivity index (χ0n) is 28.8. The Labute approximate surface area is 313 Å². The number of likely N-dealkylation sites (tertiary alicyclic amines) is 1. The molecule has 6 heterocycles. The molecule has 0 radical (unpaired) electrons. The summed E-state index contributed by atoms with van der Waals surface area (Å²) >= 11 is 13.1. The van der Waals surface area contributed by atoms with E-state index in [-0.39, 0.29) is 71.2 Å². The number of carbonyl (C=O) groups is 1. The molecule has 14 heteroatoms. The van der Waals surface area contributed by atoms with E-state index in [1.54, 1.807) is 18.2 Å². The number of nitrogens with zero attached hydrogens (tertiary/aromatic N) is 6. The molecule has 5 unspecified atom stereocenters. The standard InChI is InChI=1S/C39H36Cl2F3N7O2/c1-19-26-15-31(30-14-24(17-49(30)38(52)20-7-8-20)53-18-23-9-11-47-51(23)39(43)44)50(36-22-13-29(36)46-16-22)37(26)27-12-21(4-3-10-45)32(34(42)35(27)48-19)25-5-2-6-28(40)33(25)41/h2,5-6,9,11-12,15,20,22,24,29-30,36,39,46H,3-4,7-8,13-14,16-18H2,1H3. The van der Waals surface area contributed by atoms with Crippen LogP contribution >= 0.6 is 23.2 Å². The van der Waals surface area contributed by atoms with E-state index in [1.807, 2.05) is 17.9 Å². The summed E-state index contributed by atoms with van der Waals surface area (Å²) in [6.45, 7) is 0.206. The van der Waals surface area contributed by atoms with E-state index in [0.29, 0.717) is 50.8 Å². The Kier molecular flexibility index (Phi) is 8.69. The van der Waals surface area contributed by atoms with Gasteiger partial charge in [-0.3, -0.25) is 4.79 Å². The topological polar surface area (TPSA) is 101 Å². The molecule has 5 aliphatic rings. The van der Waals surface area contributed by atoms with Gasteiger partial charge in [-0.25, -0.2) is 14.1 Å². The molecule has 2 aliphatic carbocycles. The minimum atomic E-state index is -2.79. The van der Waals surface area contributed by atoms with Gasteiger partial charge in [0.25, 0.3) is 0 Å². The van der Waals surface area contributed by atoms with Crippen LogP contribution in [0.1, 0.15) is 73.4 Å². The van der Waals surface area contributed by atoms with Crippen molar-refractivity contribution >= 4 is 50.9 Å². The van der Waals surface area contributed by atoms with Gasteiger partial charge in [-0.1, -0.05) is 35.3 Å². The minimum Gasteiger partial charge on any atom is -0.370 e. The molecule has 1 N–H and O–H groups in total. The number of fused-ring (bicyclic) bond motifs is 4. The van der Waals surface area contributed by atoms with Crippen molar-refractivity contribution in [2.45, 2.75) is 82.8 Å². The summed E-state index contributed by atoms with van der Waals surface area (Å²) in [5.41, 5.74) is 4.21. The molecule has 1 amide bonds. The van der Waals surface area contributed by atoms with Gasteiger partial charge in [0.2, 0.25) is 5.91 Å². The molecule has 3 saturated heterocycles. The molecule has 3 aliphatic heterocycles. The lowest BCUT2D eigenvalue weighted by Crippen LogP contribution is -2.41. The molecular weight excluding hydrogens is 726 g/mol. The largest absolute Gasteiger partial charge is 0.370 e. The summed E-state index contributed by atoms with van der Waals surface area (Å²) in [4.78, 5) is 20.7. The van der Waals surface area contributed by atoms with E-state index >= 15 is 4.39 Å². The molecule has 2 bridgehead atoms. The number of aromatic nitrogens is 4. The second-order valence-corrected chi connectivity index (χ2v) is 15.6. The van der Waals surface area contributed by atoms with Crippen LogP contribution in [0.15, 0.2) is 42.6 Å². The van der Waals surface area contributed by atoms with Crippen LogP contribution in [0.5, 0.6) is 0 Å². The van der Waals surface area contributed by atoms with Crippen LogP contribution in [-0.2, 0) is 22.6 Å². The minimum absolute atomic E-state index is 0.0475. The summed E-state index contributed by atoms with van der Waals surface area (Å²) in [7, 11) is 0. The van der Waals surface area contributed by atoms with Crippen molar-refractivity contribution in [3.05, 3.63) is 81.1 Å². The third-order valence-corrected chi connectivity index (χ3v) is 12.5. The van der Waals surface area contributed by atoms with Gasteiger partial charge in [-0.2, -0.15) is 19.1 Å². The highest BCUT2D eigenvalue weighted by Crippen LogP contribution is 2.51. The van der Waals surface area contributed by atoms with Crippen LogP contribution in [0.25, 0.3) is 32.9 Å². The first kappa shape index (κ1) is 34.6. The first-order chi connectivity index (χ1) is 25.6. The average Bonchev–Trinajstić information content (AvgIpc) is 3.62. The van der Waals surface area contributed by atoms with Gasteiger partial charge in [-0.15, -0.1) is 0 Å². The number of hydrogen-bond donors (Lipinski definition) is 1. The lowest BCUT2D eigenvalue weighted by molar-refractivity contribution is -0.134. The molecule has 53 heavy (non-hydrogen) atoms. The van der Waals surface area contributed by atoms with Crippen LogP contribution in [0.4, 0.5) is 13.2 Å². The van der Waals surface area contributed by atoms with E-state index in [1.165, 1.54) is 12.3 Å². The van der Waals surface area contributed by atoms with E-state index in [9.17, 15) is 18.8 Å². The van der Waals surface area contributed by atoms with Crippen LogP contribution in [0.2, 0.25) is 10.0 Å². The van der Waals surface area contributed by atoms with Crippen molar-refractivity contribution in [3.63, 3.8) is 0 Å². The number of pyridine rings is 1. The number of nitriles is 1. The van der Waals surface area contributed by atoms with E-state index in [0.717, 1.165) is 42.4 Å². The van der Waals surface area contributed by atoms with Crippen LogP contribution < -0.4 is 5.32 Å². The average molecular weight is 763 g/mol. The van der Waals surface area contributed by atoms with E-state index in [2.05, 4.69) is 27.1 Å². The highest BCUT2D eigenvalue weighted by molar-refractivity contribution is 6.43. The SMILES string of the molecule is Cc1nc2c(F)c(-c3cccc(Cl)c3Cl)c(CCC#N)cc2c2c1cc(C1CC(OCc3ccnn3C(F)F)CN1C(=O)C1CC1)n2C1C2CNC1C2. The Hall–Kier alpha value is -4.15. The quantitative estimate of drug-likeness (QED) is 0.153. The number of alkyl halides is 2. The number of rotatable bonds is 10. The summed E-state index contributed by atoms with van der Waals surface area (Å²) in [6.07, 6.45) is 4.53. The van der Waals surface area contributed by atoms with Crippen molar-refractivity contribution in [1.82, 2.24) is 29.5 Å². The number of hydrogen-bond acceptors (Lipinski definition) is 6. The first-order valence-corrected chi connectivity index (χ1v) is 18.8. The molecule has 9 nitrogen and oxygen atoms in total. The van der Waals surface area contributed by atoms with Gasteiger partial charge < -0.3 is 19.5 Å². The predicted molar refractivity (Wildman–Crippen MR) is 194 cm³/mol. The lowest BCUT2D eigenvalue weighted by atomic mass is 9.79. The fourth-order valence-electron chi connectivity index (χ4n) is 8.94. The Morgan fingerprint density at radius 2 is 2.00 bits per heavy atom. The zero-order valence-corrected chi connectivity index (χ0v) is 30.3. The van der Waals surface area contributed by atoms with Gasteiger partial charge in [0.1, 0.15) is 5.52 Å². The molecule has 5 atom stereocenters. The Morgan fingerprint density at radius 1 is 1.17 bits per heavy atom. The third-order valence-electron chi connectivity index (χ3n) is 11.7. The fraction of sp³-hybridized carbons (Fsp3) is 0.436. The highest BCUT2D eigenvalue weighted by Gasteiger charge is 2.51. The van der Waals surface area contributed by atoms with Crippen molar-refractivity contribution in [2.24, 2.45) is 11.8 Å². The number of benzene rings is 2. The second-order valence-electron chi connectivity index (χ2n) is 14.8. The molecule has 5 aromatic rings. The Morgan fingerprint density at radius 3 is 2.72 bits per heavy atom. The highest BCUT2D eigenvalue weighted by atomic mass is 35.5. The number of nitrogens with one attached hydrogen (secondary N) is 1. The Balaban J connectivity index is 1.22. The van der Waals surface area contributed by atoms with Crippen molar-refractivity contribution in [2.75, 3.05) is 13.1 Å². The van der Waals surface area contributed by atoms with Gasteiger partial charge in [0.15, 0.2) is 5.82 Å². The van der Waals surface area contributed by atoms with Gasteiger partial charge in [0, 0.05) is 77.4 Å². The van der Waals surface area contributed by atoms with Crippen molar-refractivity contribution in [3.8, 4) is 17.2 Å². The Bertz CT molecular complexity index is 2320. The molecular formula is C39H36Cl2F3N7O2. The number of halogens is 5. The van der Waals surface area contributed by atoms with Gasteiger partial charge in [-0.05, 0) is 68.4 Å². The number of amides is 1. The monoisotopic (exact) mass is 761 g/mol. The summed E-state index contributed by atoms with van der Waals surface area (Å²) in [5.74, 6) is -0.163. The fourth-order valence-corrected chi connectivity index (χ4v) is 9.34. The smallest absolute Gasteiger partial charge is 0.333 e. The van der Waals surface area contributed by atoms with E-state index < -0.39 is 18.5 Å². The van der Waals surface area contributed by atoms with Crippen molar-refractivity contribution < 1.29 is 22.7 Å². The summed E-state index contributed by atoms with van der Waals surface area (Å²) in [6, 6.07) is 12.8. The molecule has 2 aromatic carbocycles. The molecule has 274 valence electrons. The number of aryl methyl sites for hydroxylation is 2. The third kappa shape index (κ3) is 5.70. The van der Waals surface area contributed by atoms with Crippen LogP contribution in [0, 0.1) is 35.9 Å². The maximum Gasteiger partial charge on any atom is 0.333 e. The van der Waals surface area contributed by atoms with Gasteiger partial charge in [0.05, 0.1) is 52.1 Å². The summed E-state index contributed by atoms with van der Waals surface area (Å²) < 4.78 is 53.5. The molecule has 2 saturated carbocycles. The zero-order chi connectivity index (χ0) is 36.7.